The van der Waals surface area contributed by atoms with E-state index in [0.29, 0.717) is 24.6 Å². The van der Waals surface area contributed by atoms with Gasteiger partial charge in [0.15, 0.2) is 0 Å². The topological polar surface area (TPSA) is 137 Å². The molecule has 4 N–H and O–H groups in total. The molecule has 1 saturated carbocycles. The summed E-state index contributed by atoms with van der Waals surface area (Å²) in [5, 5.41) is 9.36. The van der Waals surface area contributed by atoms with Crippen molar-refractivity contribution < 1.29 is 14.4 Å². The minimum atomic E-state index is -0.732. The van der Waals surface area contributed by atoms with Crippen LogP contribution in [-0.2, 0) is 9.59 Å². The average Bonchev–Trinajstić information content (AvgIpc) is 3.11. The van der Waals surface area contributed by atoms with Crippen molar-refractivity contribution in [3.63, 3.8) is 0 Å². The number of hydrogen-bond donors (Lipinski definition) is 2. The Kier molecular flexibility index (Phi) is 4.95. The third kappa shape index (κ3) is 3.26. The summed E-state index contributed by atoms with van der Waals surface area (Å²) in [6.45, 7) is 2.99. The second kappa shape index (κ2) is 7.57. The molecule has 3 aliphatic heterocycles. The highest BCUT2D eigenvalue weighted by Gasteiger charge is 2.56. The van der Waals surface area contributed by atoms with E-state index in [2.05, 4.69) is 6.07 Å². The highest BCUT2D eigenvalue weighted by Crippen LogP contribution is 2.48. The number of piperidine rings is 1. The van der Waals surface area contributed by atoms with Gasteiger partial charge in [0.05, 0.1) is 24.2 Å². The van der Waals surface area contributed by atoms with E-state index >= 15 is 0 Å². The first-order valence-electron chi connectivity index (χ1n) is 11.2. The van der Waals surface area contributed by atoms with Crippen LogP contribution in [0.15, 0.2) is 24.3 Å². The normalized spacial score (nSPS) is 32.5. The number of likely N-dealkylation sites (tertiary alicyclic amines) is 3. The van der Waals surface area contributed by atoms with Crippen LogP contribution >= 0.6 is 0 Å². The molecule has 0 spiro atoms. The second-order valence-corrected chi connectivity index (χ2v) is 9.56. The predicted molar refractivity (Wildman–Crippen MR) is 115 cm³/mol. The van der Waals surface area contributed by atoms with Crippen molar-refractivity contribution in [3.05, 3.63) is 35.4 Å². The van der Waals surface area contributed by atoms with Gasteiger partial charge in [0.25, 0.3) is 0 Å². The van der Waals surface area contributed by atoms with E-state index in [1.807, 2.05) is 28.9 Å². The van der Waals surface area contributed by atoms with Crippen LogP contribution < -0.4 is 11.5 Å². The smallest absolute Gasteiger partial charge is 0.248 e. The summed E-state index contributed by atoms with van der Waals surface area (Å²) in [6.07, 6.45) is 2.44. The van der Waals surface area contributed by atoms with E-state index in [1.54, 1.807) is 17.0 Å². The number of piperazine rings is 1. The Morgan fingerprint density at radius 3 is 2.56 bits per heavy atom. The molecule has 3 saturated heterocycles. The van der Waals surface area contributed by atoms with Gasteiger partial charge in [-0.1, -0.05) is 12.1 Å². The lowest BCUT2D eigenvalue weighted by atomic mass is 10.0. The molecule has 168 valence electrons. The van der Waals surface area contributed by atoms with Gasteiger partial charge >= 0.3 is 0 Å². The fourth-order valence-corrected chi connectivity index (χ4v) is 5.90. The highest BCUT2D eigenvalue weighted by atomic mass is 16.2. The minimum Gasteiger partial charge on any atom is -0.366 e. The molecule has 7 atom stereocenters. The Labute approximate surface area is 186 Å². The van der Waals surface area contributed by atoms with Crippen LogP contribution in [0.5, 0.6) is 0 Å². The third-order valence-corrected chi connectivity index (χ3v) is 7.67. The van der Waals surface area contributed by atoms with Crippen LogP contribution in [0.3, 0.4) is 0 Å². The molecule has 32 heavy (non-hydrogen) atoms. The number of amides is 3. The molecule has 0 radical (unpaired) electrons. The van der Waals surface area contributed by atoms with Crippen molar-refractivity contribution in [2.24, 2.45) is 17.4 Å². The van der Waals surface area contributed by atoms with Gasteiger partial charge in [-0.15, -0.1) is 0 Å². The molecule has 4 fully saturated rings. The van der Waals surface area contributed by atoms with Crippen molar-refractivity contribution in [2.45, 2.75) is 62.4 Å². The fraction of sp³-hybridized carbons (Fsp3) is 0.565. The molecule has 3 heterocycles. The molecule has 1 aromatic rings. The Morgan fingerprint density at radius 1 is 1.22 bits per heavy atom. The number of nitrogens with two attached hydrogens (primary N) is 2. The van der Waals surface area contributed by atoms with Crippen LogP contribution in [0, 0.1) is 17.2 Å². The molecule has 1 aliphatic carbocycles. The summed E-state index contributed by atoms with van der Waals surface area (Å²) in [6, 6.07) is 8.01. The first-order valence-corrected chi connectivity index (χ1v) is 11.2. The zero-order chi connectivity index (χ0) is 22.7. The van der Waals surface area contributed by atoms with Crippen LogP contribution in [0.4, 0.5) is 0 Å². The number of nitrogens with zero attached hydrogens (tertiary/aromatic N) is 4. The van der Waals surface area contributed by atoms with Crippen LogP contribution in [0.25, 0.3) is 0 Å². The monoisotopic (exact) mass is 436 g/mol. The maximum atomic E-state index is 13.2. The Bertz CT molecular complexity index is 1000. The zero-order valence-electron chi connectivity index (χ0n) is 18.1. The molecule has 9 nitrogen and oxygen atoms in total. The number of rotatable bonds is 6. The summed E-state index contributed by atoms with van der Waals surface area (Å²) in [5.41, 5.74) is 13.0. The van der Waals surface area contributed by atoms with Crippen molar-refractivity contribution in [1.29, 1.82) is 5.26 Å². The predicted octanol–water partition coefficient (Wildman–Crippen LogP) is -0.0281. The van der Waals surface area contributed by atoms with E-state index in [1.165, 1.54) is 0 Å². The molecule has 4 aliphatic rings. The van der Waals surface area contributed by atoms with Gasteiger partial charge in [-0.25, -0.2) is 0 Å². The molecule has 9 heteroatoms. The minimum absolute atomic E-state index is 0.0470. The number of nitriles is 1. The molecule has 1 aromatic carbocycles. The molecule has 6 unspecified atom stereocenters. The summed E-state index contributed by atoms with van der Waals surface area (Å²) >= 11 is 0. The van der Waals surface area contributed by atoms with Gasteiger partial charge in [0, 0.05) is 30.7 Å². The van der Waals surface area contributed by atoms with E-state index < -0.39 is 11.9 Å². The van der Waals surface area contributed by atoms with Crippen molar-refractivity contribution >= 4 is 17.7 Å². The third-order valence-electron chi connectivity index (χ3n) is 7.67. The van der Waals surface area contributed by atoms with Gasteiger partial charge in [0.2, 0.25) is 17.7 Å². The Morgan fingerprint density at radius 2 is 1.94 bits per heavy atom. The summed E-state index contributed by atoms with van der Waals surface area (Å²) in [7, 11) is 0. The van der Waals surface area contributed by atoms with Gasteiger partial charge in [-0.05, 0) is 49.8 Å². The Balaban J connectivity index is 1.22. The average molecular weight is 437 g/mol. The summed E-state index contributed by atoms with van der Waals surface area (Å²) < 4.78 is 0. The van der Waals surface area contributed by atoms with Gasteiger partial charge < -0.3 is 21.3 Å². The Hall–Kier alpha value is -2.96. The van der Waals surface area contributed by atoms with Crippen LogP contribution in [-0.4, -0.2) is 75.7 Å². The number of carbonyl (C=O) groups is 3. The standard InChI is InChI=1S/C23H28N6O3/c1-12(13-2-4-14(5-3-13)21(26)30)28-17-8-20(23(28)32)27(10-17)11-18(25)22(31)29-16(9-24)6-15-7-19(15)29/h2-5,12,15-20H,6-8,10-11,25H2,1H3,(H2,26,30)/t12?,15?,16?,17-,18?,19?,20?/m0/s1. The van der Waals surface area contributed by atoms with Crippen LogP contribution in [0.1, 0.15) is 48.1 Å². The van der Waals surface area contributed by atoms with Crippen molar-refractivity contribution in [2.75, 3.05) is 13.1 Å². The molecule has 0 aromatic heterocycles. The fourth-order valence-electron chi connectivity index (χ4n) is 5.90. The molecular formula is C23H28N6O3. The summed E-state index contributed by atoms with van der Waals surface area (Å²) in [5.74, 6) is -0.149. The van der Waals surface area contributed by atoms with Crippen LogP contribution in [0.2, 0.25) is 0 Å². The molecule has 2 bridgehead atoms. The van der Waals surface area contributed by atoms with E-state index in [-0.39, 0.29) is 42.0 Å². The van der Waals surface area contributed by atoms with E-state index in [4.69, 9.17) is 11.5 Å². The maximum absolute atomic E-state index is 13.2. The van der Waals surface area contributed by atoms with E-state index in [0.717, 1.165) is 24.8 Å². The van der Waals surface area contributed by atoms with Crippen molar-refractivity contribution in [1.82, 2.24) is 14.7 Å². The van der Waals surface area contributed by atoms with Gasteiger partial charge in [0.1, 0.15) is 6.04 Å². The SMILES string of the molecule is CC(c1ccc(C(N)=O)cc1)N1C(=O)C2C[C@H]1CN2CC(N)C(=O)N1C(C#N)CC2CC21. The number of fused-ring (bicyclic) bond motifs is 3. The first kappa shape index (κ1) is 20.9. The van der Waals surface area contributed by atoms with E-state index in [9.17, 15) is 19.6 Å². The molecule has 3 amide bonds. The van der Waals surface area contributed by atoms with Gasteiger partial charge in [-0.3, -0.25) is 19.3 Å². The lowest BCUT2D eigenvalue weighted by molar-refractivity contribution is -0.141. The van der Waals surface area contributed by atoms with Crippen molar-refractivity contribution in [3.8, 4) is 6.07 Å². The number of benzene rings is 1. The quantitative estimate of drug-likeness (QED) is 0.643. The second-order valence-electron chi connectivity index (χ2n) is 9.56. The largest absolute Gasteiger partial charge is 0.366 e. The highest BCUT2D eigenvalue weighted by molar-refractivity contribution is 5.92. The zero-order valence-corrected chi connectivity index (χ0v) is 18.1. The maximum Gasteiger partial charge on any atom is 0.248 e. The van der Waals surface area contributed by atoms with Gasteiger partial charge in [-0.2, -0.15) is 5.26 Å². The number of primary amides is 1. The first-order chi connectivity index (χ1) is 15.3. The summed E-state index contributed by atoms with van der Waals surface area (Å²) in [4.78, 5) is 43.0. The number of hydrogen-bond acceptors (Lipinski definition) is 6. The lowest BCUT2D eigenvalue weighted by Gasteiger charge is -2.38. The lowest BCUT2D eigenvalue weighted by Crippen LogP contribution is -2.57. The molecular weight excluding hydrogens is 408 g/mol. The number of carbonyl (C=O) groups excluding carboxylic acids is 3. The molecule has 5 rings (SSSR count).